The van der Waals surface area contributed by atoms with Gasteiger partial charge in [-0.2, -0.15) is 0 Å². The minimum atomic E-state index is -0.403. The van der Waals surface area contributed by atoms with Crippen LogP contribution in [0.3, 0.4) is 0 Å². The predicted octanol–water partition coefficient (Wildman–Crippen LogP) is 5.38. The molecule has 0 saturated carbocycles. The zero-order valence-electron chi connectivity index (χ0n) is 21.6. The van der Waals surface area contributed by atoms with Gasteiger partial charge in [0, 0.05) is 37.8 Å². The predicted molar refractivity (Wildman–Crippen MR) is 145 cm³/mol. The first kappa shape index (κ1) is 26.1. The Morgan fingerprint density at radius 1 is 0.919 bits per heavy atom. The van der Waals surface area contributed by atoms with E-state index < -0.39 is 6.09 Å². The number of benzene rings is 3. The highest BCUT2D eigenvalue weighted by atomic mass is 16.5. The average Bonchev–Trinajstić information content (AvgIpc) is 3.38. The first-order chi connectivity index (χ1) is 18.1. The summed E-state index contributed by atoms with van der Waals surface area (Å²) in [5, 5.41) is 2.99. The summed E-state index contributed by atoms with van der Waals surface area (Å²) in [4.78, 5) is 14.7. The fourth-order valence-corrected chi connectivity index (χ4v) is 4.39. The summed E-state index contributed by atoms with van der Waals surface area (Å²) >= 11 is 0. The zero-order valence-corrected chi connectivity index (χ0v) is 21.6. The Morgan fingerprint density at radius 3 is 2.19 bits per heavy atom. The second-order valence-corrected chi connectivity index (χ2v) is 8.94. The van der Waals surface area contributed by atoms with Gasteiger partial charge in [0.25, 0.3) is 0 Å². The SMILES string of the molecule is COc1cc(OC)c(CN2CCC(NC(=O)OCc3ccc(C=Cc4ccccc4)cc3)C2)c(OC)c1. The summed E-state index contributed by atoms with van der Waals surface area (Å²) in [6.07, 6.45) is 4.58. The number of likely N-dealkylation sites (tertiary alicyclic amines) is 1. The molecule has 0 aliphatic carbocycles. The molecule has 3 aromatic carbocycles. The number of methoxy groups -OCH3 is 3. The quantitative estimate of drug-likeness (QED) is 0.375. The molecule has 7 heteroatoms. The molecule has 4 rings (SSSR count). The number of hydrogen-bond donors (Lipinski definition) is 1. The molecule has 1 unspecified atom stereocenters. The Bertz CT molecular complexity index is 1170. The molecule has 1 aliphatic heterocycles. The number of nitrogens with one attached hydrogen (secondary N) is 1. The molecule has 0 radical (unpaired) electrons. The third-order valence-corrected chi connectivity index (χ3v) is 6.41. The number of carbonyl (C=O) groups is 1. The topological polar surface area (TPSA) is 69.3 Å². The van der Waals surface area contributed by atoms with Crippen molar-refractivity contribution in [2.75, 3.05) is 34.4 Å². The van der Waals surface area contributed by atoms with Crippen LogP contribution in [-0.4, -0.2) is 51.5 Å². The number of hydrogen-bond acceptors (Lipinski definition) is 6. The van der Waals surface area contributed by atoms with E-state index in [4.69, 9.17) is 18.9 Å². The van der Waals surface area contributed by atoms with E-state index in [1.807, 2.05) is 54.6 Å². The van der Waals surface area contributed by atoms with Crippen molar-refractivity contribution >= 4 is 18.2 Å². The summed E-state index contributed by atoms with van der Waals surface area (Å²) in [5.41, 5.74) is 4.14. The third-order valence-electron chi connectivity index (χ3n) is 6.41. The molecule has 7 nitrogen and oxygen atoms in total. The van der Waals surface area contributed by atoms with Crippen LogP contribution in [0.5, 0.6) is 17.2 Å². The smallest absolute Gasteiger partial charge is 0.407 e. The summed E-state index contributed by atoms with van der Waals surface area (Å²) in [6.45, 7) is 2.44. The van der Waals surface area contributed by atoms with Crippen molar-refractivity contribution in [1.82, 2.24) is 10.2 Å². The maximum Gasteiger partial charge on any atom is 0.407 e. The summed E-state index contributed by atoms with van der Waals surface area (Å²) in [5.74, 6) is 2.11. The molecule has 1 saturated heterocycles. The highest BCUT2D eigenvalue weighted by Crippen LogP contribution is 2.35. The van der Waals surface area contributed by atoms with Crippen molar-refractivity contribution in [3.8, 4) is 17.2 Å². The van der Waals surface area contributed by atoms with Gasteiger partial charge in [0.1, 0.15) is 23.9 Å². The molecule has 3 aromatic rings. The highest BCUT2D eigenvalue weighted by Gasteiger charge is 2.26. The Labute approximate surface area is 218 Å². The van der Waals surface area contributed by atoms with Gasteiger partial charge in [0.2, 0.25) is 0 Å². The van der Waals surface area contributed by atoms with Crippen LogP contribution in [-0.2, 0) is 17.9 Å². The van der Waals surface area contributed by atoms with Crippen LogP contribution >= 0.6 is 0 Å². The van der Waals surface area contributed by atoms with Crippen molar-refractivity contribution < 1.29 is 23.7 Å². The largest absolute Gasteiger partial charge is 0.496 e. The van der Waals surface area contributed by atoms with Gasteiger partial charge < -0.3 is 24.3 Å². The van der Waals surface area contributed by atoms with E-state index in [1.165, 1.54) is 0 Å². The molecular weight excluding hydrogens is 468 g/mol. The van der Waals surface area contributed by atoms with E-state index in [9.17, 15) is 4.79 Å². The summed E-state index contributed by atoms with van der Waals surface area (Å²) in [7, 11) is 4.89. The van der Waals surface area contributed by atoms with Crippen LogP contribution in [0.15, 0.2) is 66.7 Å². The van der Waals surface area contributed by atoms with E-state index >= 15 is 0 Å². The van der Waals surface area contributed by atoms with Crippen LogP contribution in [0.25, 0.3) is 12.2 Å². The monoisotopic (exact) mass is 502 g/mol. The molecule has 1 aliphatic rings. The average molecular weight is 503 g/mol. The Kier molecular flexibility index (Phi) is 9.05. The van der Waals surface area contributed by atoms with E-state index in [1.54, 1.807) is 21.3 Å². The van der Waals surface area contributed by atoms with Crippen LogP contribution < -0.4 is 19.5 Å². The number of nitrogens with zero attached hydrogens (tertiary/aromatic N) is 1. The van der Waals surface area contributed by atoms with Gasteiger partial charge in [-0.15, -0.1) is 0 Å². The lowest BCUT2D eigenvalue weighted by atomic mass is 10.1. The van der Waals surface area contributed by atoms with Crippen molar-refractivity contribution in [3.63, 3.8) is 0 Å². The van der Waals surface area contributed by atoms with E-state index in [0.717, 1.165) is 41.8 Å². The van der Waals surface area contributed by atoms with Gasteiger partial charge in [-0.3, -0.25) is 4.90 Å². The van der Waals surface area contributed by atoms with E-state index in [-0.39, 0.29) is 12.6 Å². The molecule has 1 atom stereocenters. The Hall–Kier alpha value is -3.97. The van der Waals surface area contributed by atoms with E-state index in [2.05, 4.69) is 34.5 Å². The lowest BCUT2D eigenvalue weighted by Gasteiger charge is -2.21. The standard InChI is InChI=1S/C30H34N2O5/c1-34-26-17-28(35-2)27(29(18-26)36-3)20-32-16-15-25(19-32)31-30(33)37-21-24-13-11-23(12-14-24)10-9-22-7-5-4-6-8-22/h4-14,17-18,25H,15-16,19-21H2,1-3H3,(H,31,33). The molecule has 0 bridgehead atoms. The Morgan fingerprint density at radius 2 is 1.57 bits per heavy atom. The first-order valence-corrected chi connectivity index (χ1v) is 12.3. The lowest BCUT2D eigenvalue weighted by Crippen LogP contribution is -2.37. The number of alkyl carbamates (subject to hydrolysis) is 1. The third kappa shape index (κ3) is 7.27. The molecule has 194 valence electrons. The maximum atomic E-state index is 12.4. The minimum Gasteiger partial charge on any atom is -0.496 e. The van der Waals surface area contributed by atoms with Crippen molar-refractivity contribution in [2.45, 2.75) is 25.6 Å². The maximum absolute atomic E-state index is 12.4. The molecule has 0 aromatic heterocycles. The molecule has 1 amide bonds. The number of amides is 1. The molecule has 1 fully saturated rings. The highest BCUT2D eigenvalue weighted by molar-refractivity contribution is 5.70. The second-order valence-electron chi connectivity index (χ2n) is 8.94. The minimum absolute atomic E-state index is 0.0215. The fourth-order valence-electron chi connectivity index (χ4n) is 4.39. The molecule has 0 spiro atoms. The summed E-state index contributed by atoms with van der Waals surface area (Å²) < 4.78 is 21.9. The molecule has 1 heterocycles. The second kappa shape index (κ2) is 12.8. The van der Waals surface area contributed by atoms with Gasteiger partial charge in [0.15, 0.2) is 0 Å². The summed E-state index contributed by atoms with van der Waals surface area (Å²) in [6, 6.07) is 21.9. The van der Waals surface area contributed by atoms with Gasteiger partial charge in [-0.25, -0.2) is 4.79 Å². The van der Waals surface area contributed by atoms with Crippen LogP contribution in [0.4, 0.5) is 4.79 Å². The van der Waals surface area contributed by atoms with Crippen molar-refractivity contribution in [1.29, 1.82) is 0 Å². The number of ether oxygens (including phenoxy) is 4. The van der Waals surface area contributed by atoms with Crippen LogP contribution in [0, 0.1) is 0 Å². The number of carbonyl (C=O) groups excluding carboxylic acids is 1. The Balaban J connectivity index is 1.24. The van der Waals surface area contributed by atoms with Crippen LogP contribution in [0.1, 0.15) is 28.7 Å². The lowest BCUT2D eigenvalue weighted by molar-refractivity contribution is 0.135. The first-order valence-electron chi connectivity index (χ1n) is 12.3. The van der Waals surface area contributed by atoms with Gasteiger partial charge in [0.05, 0.1) is 26.9 Å². The van der Waals surface area contributed by atoms with Crippen LogP contribution in [0.2, 0.25) is 0 Å². The van der Waals surface area contributed by atoms with Gasteiger partial charge >= 0.3 is 6.09 Å². The van der Waals surface area contributed by atoms with Gasteiger partial charge in [-0.1, -0.05) is 66.7 Å². The van der Waals surface area contributed by atoms with Crippen molar-refractivity contribution in [2.24, 2.45) is 0 Å². The van der Waals surface area contributed by atoms with E-state index in [0.29, 0.717) is 23.8 Å². The molecule has 1 N–H and O–H groups in total. The zero-order chi connectivity index (χ0) is 26.0. The fraction of sp³-hybridized carbons (Fsp3) is 0.300. The van der Waals surface area contributed by atoms with Crippen molar-refractivity contribution in [3.05, 3.63) is 89.0 Å². The number of rotatable bonds is 10. The normalized spacial score (nSPS) is 15.5. The molecular formula is C30H34N2O5. The molecule has 37 heavy (non-hydrogen) atoms. The van der Waals surface area contributed by atoms with Gasteiger partial charge in [-0.05, 0) is 23.1 Å².